The molecule has 0 amide bonds. The molecule has 7 aromatic rings. The molecule has 0 unspecified atom stereocenters. The average Bonchev–Trinajstić information content (AvgIpc) is 3.40. The molecule has 162 valence electrons. The zero-order valence-corrected chi connectivity index (χ0v) is 19.1. The molecule has 0 radical (unpaired) electrons. The average molecular weight is 439 g/mol. The first kappa shape index (κ1) is 19.2. The van der Waals surface area contributed by atoms with Gasteiger partial charge in [-0.15, -0.1) is 0 Å². The summed E-state index contributed by atoms with van der Waals surface area (Å²) in [6, 6.07) is 34.0. The molecule has 0 bridgehead atoms. The fourth-order valence-electron chi connectivity index (χ4n) is 5.20. The summed E-state index contributed by atoms with van der Waals surface area (Å²) >= 11 is 0. The molecule has 0 saturated heterocycles. The van der Waals surface area contributed by atoms with Gasteiger partial charge >= 0.3 is 0 Å². The van der Waals surface area contributed by atoms with Crippen LogP contribution in [0.3, 0.4) is 0 Å². The van der Waals surface area contributed by atoms with Crippen molar-refractivity contribution >= 4 is 43.9 Å². The van der Waals surface area contributed by atoms with Crippen LogP contribution >= 0.6 is 0 Å². The van der Waals surface area contributed by atoms with Gasteiger partial charge in [0.15, 0.2) is 0 Å². The molecule has 2 heterocycles. The second-order valence-electron chi connectivity index (χ2n) is 9.16. The van der Waals surface area contributed by atoms with E-state index in [0.29, 0.717) is 0 Å². The van der Waals surface area contributed by atoms with E-state index in [2.05, 4.69) is 98.8 Å². The Kier molecular flexibility index (Phi) is 4.01. The topological polar surface area (TPSA) is 26.3 Å². The summed E-state index contributed by atoms with van der Waals surface area (Å²) in [5.41, 5.74) is 10.6. The van der Waals surface area contributed by atoms with E-state index in [1.165, 1.54) is 11.1 Å². The predicted molar refractivity (Wildman–Crippen MR) is 141 cm³/mol. The Bertz CT molecular complexity index is 1710. The van der Waals surface area contributed by atoms with Crippen LogP contribution in [0.15, 0.2) is 106 Å². The first-order chi connectivity index (χ1) is 16.7. The fraction of sp³-hybridized carbons (Fsp3) is 0.0625. The van der Waals surface area contributed by atoms with Crippen molar-refractivity contribution in [1.82, 2.24) is 0 Å². The van der Waals surface area contributed by atoms with Crippen molar-refractivity contribution in [3.63, 3.8) is 0 Å². The number of hydrogen-bond donors (Lipinski definition) is 0. The summed E-state index contributed by atoms with van der Waals surface area (Å²) in [5.74, 6) is 0. The van der Waals surface area contributed by atoms with Gasteiger partial charge in [0.05, 0.1) is 0 Å². The molecule has 0 fully saturated rings. The smallest absolute Gasteiger partial charge is 0.143 e. The molecule has 7 rings (SSSR count). The van der Waals surface area contributed by atoms with Crippen LogP contribution in [0.2, 0.25) is 0 Å². The minimum Gasteiger partial charge on any atom is -0.455 e. The van der Waals surface area contributed by atoms with Crippen LogP contribution in [0.4, 0.5) is 0 Å². The monoisotopic (exact) mass is 438 g/mol. The van der Waals surface area contributed by atoms with Crippen molar-refractivity contribution in [1.29, 1.82) is 0 Å². The summed E-state index contributed by atoms with van der Waals surface area (Å²) < 4.78 is 13.0. The lowest BCUT2D eigenvalue weighted by atomic mass is 9.98. The van der Waals surface area contributed by atoms with Crippen LogP contribution in [0, 0.1) is 13.8 Å². The van der Waals surface area contributed by atoms with Crippen LogP contribution in [-0.2, 0) is 0 Å². The predicted octanol–water partition coefficient (Wildman–Crippen LogP) is 9.44. The first-order valence-electron chi connectivity index (χ1n) is 11.6. The Morgan fingerprint density at radius 1 is 0.441 bits per heavy atom. The molecule has 34 heavy (non-hydrogen) atoms. The molecule has 0 aliphatic rings. The molecule has 2 heteroatoms. The quantitative estimate of drug-likeness (QED) is 0.269. The van der Waals surface area contributed by atoms with Crippen LogP contribution in [0.1, 0.15) is 11.1 Å². The molecule has 0 saturated carbocycles. The lowest BCUT2D eigenvalue weighted by Crippen LogP contribution is -1.81. The van der Waals surface area contributed by atoms with Gasteiger partial charge in [0, 0.05) is 32.7 Å². The largest absolute Gasteiger partial charge is 0.455 e. The zero-order chi connectivity index (χ0) is 22.8. The van der Waals surface area contributed by atoms with Crippen molar-refractivity contribution in [2.75, 3.05) is 0 Å². The van der Waals surface area contributed by atoms with Crippen molar-refractivity contribution in [2.24, 2.45) is 0 Å². The van der Waals surface area contributed by atoms with E-state index in [1.54, 1.807) is 0 Å². The zero-order valence-electron chi connectivity index (χ0n) is 19.1. The second-order valence-corrected chi connectivity index (χ2v) is 9.16. The van der Waals surface area contributed by atoms with E-state index in [0.717, 1.165) is 66.1 Å². The highest BCUT2D eigenvalue weighted by Gasteiger charge is 2.18. The molecule has 0 spiro atoms. The Balaban J connectivity index is 1.55. The maximum atomic E-state index is 6.52. The Morgan fingerprint density at radius 3 is 1.26 bits per heavy atom. The molecule has 0 aliphatic heterocycles. The molecule has 0 N–H and O–H groups in total. The summed E-state index contributed by atoms with van der Waals surface area (Å²) in [4.78, 5) is 0. The standard InChI is InChI=1S/C32H22O2/c1-19-13-23(21-9-5-3-6-10-21)31-27(15-19)25-17-30-26(18-29(25)33-31)28-16-20(2)14-24(32(28)34-30)22-11-7-4-8-12-22/h3-18H,1-2H3. The van der Waals surface area contributed by atoms with Gasteiger partial charge in [-0.3, -0.25) is 0 Å². The van der Waals surface area contributed by atoms with Crippen molar-refractivity contribution in [2.45, 2.75) is 13.8 Å². The summed E-state index contributed by atoms with van der Waals surface area (Å²) in [5, 5.41) is 4.41. The summed E-state index contributed by atoms with van der Waals surface area (Å²) in [6.07, 6.45) is 0. The third-order valence-corrected chi connectivity index (χ3v) is 6.72. The lowest BCUT2D eigenvalue weighted by Gasteiger charge is -2.04. The number of hydrogen-bond acceptors (Lipinski definition) is 2. The molecular weight excluding hydrogens is 416 g/mol. The number of rotatable bonds is 2. The highest BCUT2D eigenvalue weighted by atomic mass is 16.3. The lowest BCUT2D eigenvalue weighted by molar-refractivity contribution is 0.665. The number of aryl methyl sites for hydroxylation is 2. The van der Waals surface area contributed by atoms with Crippen LogP contribution in [0.5, 0.6) is 0 Å². The van der Waals surface area contributed by atoms with E-state index < -0.39 is 0 Å². The van der Waals surface area contributed by atoms with Gasteiger partial charge in [0.2, 0.25) is 0 Å². The molecular formula is C32H22O2. The van der Waals surface area contributed by atoms with Crippen LogP contribution in [-0.4, -0.2) is 0 Å². The van der Waals surface area contributed by atoms with Gasteiger partial charge in [-0.05, 0) is 72.5 Å². The van der Waals surface area contributed by atoms with Gasteiger partial charge in [0.25, 0.3) is 0 Å². The minimum absolute atomic E-state index is 0.885. The molecule has 2 aromatic heterocycles. The van der Waals surface area contributed by atoms with E-state index in [9.17, 15) is 0 Å². The third-order valence-electron chi connectivity index (χ3n) is 6.72. The summed E-state index contributed by atoms with van der Waals surface area (Å²) in [6.45, 7) is 4.28. The maximum absolute atomic E-state index is 6.52. The Labute approximate surface area is 197 Å². The second kappa shape index (κ2) is 7.10. The third kappa shape index (κ3) is 2.82. The highest BCUT2D eigenvalue weighted by Crippen LogP contribution is 2.42. The SMILES string of the molecule is Cc1cc(-c2ccccc2)c2oc3cc4c(cc3c2c1)oc1c(-c2ccccc2)cc(C)cc14. The Hall–Kier alpha value is -4.30. The van der Waals surface area contributed by atoms with Gasteiger partial charge < -0.3 is 8.83 Å². The normalized spacial score (nSPS) is 11.8. The fourth-order valence-corrected chi connectivity index (χ4v) is 5.20. The van der Waals surface area contributed by atoms with Gasteiger partial charge in [-0.25, -0.2) is 0 Å². The molecule has 5 aromatic carbocycles. The van der Waals surface area contributed by atoms with Crippen molar-refractivity contribution in [3.8, 4) is 22.3 Å². The minimum atomic E-state index is 0.885. The highest BCUT2D eigenvalue weighted by molar-refractivity contribution is 6.18. The summed E-state index contributed by atoms with van der Waals surface area (Å²) in [7, 11) is 0. The number of fused-ring (bicyclic) bond motifs is 6. The maximum Gasteiger partial charge on any atom is 0.143 e. The van der Waals surface area contributed by atoms with Gasteiger partial charge in [0.1, 0.15) is 22.3 Å². The van der Waals surface area contributed by atoms with Gasteiger partial charge in [-0.2, -0.15) is 0 Å². The van der Waals surface area contributed by atoms with Gasteiger partial charge in [-0.1, -0.05) is 60.7 Å². The Morgan fingerprint density at radius 2 is 0.853 bits per heavy atom. The van der Waals surface area contributed by atoms with E-state index in [4.69, 9.17) is 8.83 Å². The molecule has 2 nitrogen and oxygen atoms in total. The number of furan rings is 2. The van der Waals surface area contributed by atoms with Crippen molar-refractivity contribution in [3.05, 3.63) is 108 Å². The van der Waals surface area contributed by atoms with E-state index in [-0.39, 0.29) is 0 Å². The molecule has 0 aliphatic carbocycles. The molecule has 0 atom stereocenters. The van der Waals surface area contributed by atoms with Crippen LogP contribution in [0.25, 0.3) is 66.1 Å². The van der Waals surface area contributed by atoms with E-state index >= 15 is 0 Å². The van der Waals surface area contributed by atoms with Crippen molar-refractivity contribution < 1.29 is 8.83 Å². The van der Waals surface area contributed by atoms with Crippen LogP contribution < -0.4 is 0 Å². The number of benzene rings is 5. The first-order valence-corrected chi connectivity index (χ1v) is 11.6. The van der Waals surface area contributed by atoms with E-state index in [1.807, 2.05) is 12.1 Å².